The Morgan fingerprint density at radius 3 is 1.67 bits per heavy atom. The van der Waals surface area contributed by atoms with Gasteiger partial charge in [0.15, 0.2) is 0 Å². The molecule has 0 nitrogen and oxygen atoms in total. The minimum atomic E-state index is -2.47. The minimum Gasteiger partial charge on any atom is -0.109 e. The van der Waals surface area contributed by atoms with Gasteiger partial charge in [0.25, 0.3) is 0 Å². The molecule has 0 bridgehead atoms. The molecule has 0 saturated carbocycles. The number of rotatable bonds is 4. The predicted octanol–water partition coefficient (Wildman–Crippen LogP) is 5.15. The summed E-state index contributed by atoms with van der Waals surface area (Å²) >= 11 is 0. The first kappa shape index (κ1) is 20.2. The SMILES string of the molecule is C/C(C#C[Si](c1ccccc1)(c1ccccc1)c1ccccc1)=C\C1=CCCCC1. The van der Waals surface area contributed by atoms with Crippen LogP contribution in [0.1, 0.15) is 32.6 Å². The van der Waals surface area contributed by atoms with Crippen molar-refractivity contribution in [3.05, 3.63) is 114 Å². The summed E-state index contributed by atoms with van der Waals surface area (Å²) in [5, 5.41) is 4.00. The van der Waals surface area contributed by atoms with Crippen LogP contribution in [0, 0.1) is 11.5 Å². The number of allylic oxidation sites excluding steroid dienone is 4. The average Bonchev–Trinajstić information content (AvgIpc) is 2.82. The highest BCUT2D eigenvalue weighted by Gasteiger charge is 2.38. The molecule has 1 aliphatic rings. The predicted molar refractivity (Wildman–Crippen MR) is 132 cm³/mol. The maximum absolute atomic E-state index is 3.86. The average molecular weight is 405 g/mol. The molecule has 0 spiro atoms. The molecule has 0 atom stereocenters. The second kappa shape index (κ2) is 9.61. The van der Waals surface area contributed by atoms with Crippen LogP contribution in [-0.2, 0) is 0 Å². The van der Waals surface area contributed by atoms with Crippen LogP contribution in [0.25, 0.3) is 0 Å². The van der Waals surface area contributed by atoms with E-state index in [1.807, 2.05) is 0 Å². The minimum absolute atomic E-state index is 1.16. The second-order valence-corrected chi connectivity index (χ2v) is 11.4. The normalized spacial score (nSPS) is 14.4. The molecule has 3 aromatic rings. The first-order chi connectivity index (χ1) is 14.8. The Balaban J connectivity index is 1.90. The van der Waals surface area contributed by atoms with Gasteiger partial charge in [-0.15, -0.1) is 5.54 Å². The lowest BCUT2D eigenvalue weighted by Crippen LogP contribution is -2.66. The Bertz CT molecular complexity index is 984. The molecule has 0 aromatic heterocycles. The van der Waals surface area contributed by atoms with Gasteiger partial charge in [0, 0.05) is 0 Å². The van der Waals surface area contributed by atoms with E-state index < -0.39 is 8.07 Å². The molecule has 148 valence electrons. The van der Waals surface area contributed by atoms with Gasteiger partial charge in [-0.05, 0) is 59.8 Å². The summed E-state index contributed by atoms with van der Waals surface area (Å²) in [6.45, 7) is 2.16. The molecule has 1 heteroatoms. The quantitative estimate of drug-likeness (QED) is 0.321. The molecule has 0 heterocycles. The first-order valence-electron chi connectivity index (χ1n) is 10.9. The molecule has 0 N–H and O–H groups in total. The van der Waals surface area contributed by atoms with Gasteiger partial charge in [-0.1, -0.05) is 109 Å². The van der Waals surface area contributed by atoms with Crippen LogP contribution in [-0.4, -0.2) is 8.07 Å². The van der Waals surface area contributed by atoms with Gasteiger partial charge in [-0.2, -0.15) is 0 Å². The molecule has 0 radical (unpaired) electrons. The van der Waals surface area contributed by atoms with E-state index in [4.69, 9.17) is 0 Å². The van der Waals surface area contributed by atoms with Crippen LogP contribution in [0.5, 0.6) is 0 Å². The van der Waals surface area contributed by atoms with Gasteiger partial charge in [-0.3, -0.25) is 0 Å². The molecule has 1 aliphatic carbocycles. The summed E-state index contributed by atoms with van der Waals surface area (Å²) in [5.74, 6) is 3.60. The first-order valence-corrected chi connectivity index (χ1v) is 12.9. The number of benzene rings is 3. The molecule has 0 unspecified atom stereocenters. The van der Waals surface area contributed by atoms with E-state index in [1.54, 1.807) is 0 Å². The number of hydrogen-bond acceptors (Lipinski definition) is 0. The highest BCUT2D eigenvalue weighted by atomic mass is 28.3. The molecule has 0 fully saturated rings. The lowest BCUT2D eigenvalue weighted by atomic mass is 9.98. The van der Waals surface area contributed by atoms with E-state index >= 15 is 0 Å². The lowest BCUT2D eigenvalue weighted by Gasteiger charge is -2.28. The fourth-order valence-corrected chi connectivity index (χ4v) is 8.18. The van der Waals surface area contributed by atoms with Crippen LogP contribution in [0.2, 0.25) is 0 Å². The van der Waals surface area contributed by atoms with Crippen LogP contribution < -0.4 is 15.6 Å². The van der Waals surface area contributed by atoms with Crippen molar-refractivity contribution in [2.75, 3.05) is 0 Å². The zero-order valence-corrected chi connectivity index (χ0v) is 18.6. The molecule has 0 saturated heterocycles. The summed E-state index contributed by atoms with van der Waals surface area (Å²) in [5.41, 5.74) is 6.46. The summed E-state index contributed by atoms with van der Waals surface area (Å²) in [6, 6.07) is 32.6. The standard InChI is InChI=1S/C29H28Si/c1-25(24-26-14-6-2-7-15-26)22-23-30(27-16-8-3-9-17-27,28-18-10-4-11-19-28)29-20-12-5-13-21-29/h3-5,8-14,16-21,24H,2,6-7,15H2,1H3/b25-24+. The fourth-order valence-electron chi connectivity index (χ4n) is 4.28. The largest absolute Gasteiger partial charge is 0.230 e. The molecular weight excluding hydrogens is 376 g/mol. The van der Waals surface area contributed by atoms with Crippen LogP contribution >= 0.6 is 0 Å². The monoisotopic (exact) mass is 404 g/mol. The van der Waals surface area contributed by atoms with Crippen molar-refractivity contribution in [2.24, 2.45) is 0 Å². The molecule has 0 aliphatic heterocycles. The second-order valence-electron chi connectivity index (χ2n) is 7.95. The Labute approximate surface area is 182 Å². The smallest absolute Gasteiger partial charge is 0.109 e. The maximum Gasteiger partial charge on any atom is 0.230 e. The molecule has 3 aromatic carbocycles. The Morgan fingerprint density at radius 2 is 1.23 bits per heavy atom. The Kier molecular flexibility index (Phi) is 6.47. The van der Waals surface area contributed by atoms with Crippen LogP contribution in [0.15, 0.2) is 114 Å². The molecule has 0 amide bonds. The highest BCUT2D eigenvalue weighted by molar-refractivity contribution is 7.16. The molecule has 4 rings (SSSR count). The summed E-state index contributed by atoms with van der Waals surface area (Å²) in [4.78, 5) is 0. The van der Waals surface area contributed by atoms with Gasteiger partial charge in [0.05, 0.1) is 0 Å². The van der Waals surface area contributed by atoms with Gasteiger partial charge < -0.3 is 0 Å². The van der Waals surface area contributed by atoms with E-state index in [1.165, 1.54) is 46.8 Å². The van der Waals surface area contributed by atoms with Crippen molar-refractivity contribution < 1.29 is 0 Å². The van der Waals surface area contributed by atoms with Gasteiger partial charge >= 0.3 is 0 Å². The van der Waals surface area contributed by atoms with Crippen molar-refractivity contribution in [3.8, 4) is 11.5 Å². The third-order valence-electron chi connectivity index (χ3n) is 5.80. The topological polar surface area (TPSA) is 0 Å². The lowest BCUT2D eigenvalue weighted by molar-refractivity contribution is 0.711. The van der Waals surface area contributed by atoms with Crippen LogP contribution in [0.3, 0.4) is 0 Å². The van der Waals surface area contributed by atoms with Gasteiger partial charge in [0.1, 0.15) is 0 Å². The van der Waals surface area contributed by atoms with Gasteiger partial charge in [-0.25, -0.2) is 0 Å². The third-order valence-corrected chi connectivity index (χ3v) is 9.89. The van der Waals surface area contributed by atoms with E-state index in [0.29, 0.717) is 0 Å². The number of hydrogen-bond donors (Lipinski definition) is 0. The van der Waals surface area contributed by atoms with Crippen molar-refractivity contribution >= 4 is 23.6 Å². The Morgan fingerprint density at radius 1 is 0.733 bits per heavy atom. The van der Waals surface area contributed by atoms with Gasteiger partial charge in [0.2, 0.25) is 8.07 Å². The van der Waals surface area contributed by atoms with E-state index in [-0.39, 0.29) is 0 Å². The van der Waals surface area contributed by atoms with E-state index in [2.05, 4.69) is 122 Å². The maximum atomic E-state index is 3.86. The summed E-state index contributed by atoms with van der Waals surface area (Å²) < 4.78 is 0. The van der Waals surface area contributed by atoms with Crippen molar-refractivity contribution in [1.82, 2.24) is 0 Å². The summed E-state index contributed by atoms with van der Waals surface area (Å²) in [6.07, 6.45) is 9.66. The highest BCUT2D eigenvalue weighted by Crippen LogP contribution is 2.19. The zero-order valence-electron chi connectivity index (χ0n) is 17.6. The van der Waals surface area contributed by atoms with E-state index in [9.17, 15) is 0 Å². The third kappa shape index (κ3) is 4.40. The van der Waals surface area contributed by atoms with Crippen molar-refractivity contribution in [1.29, 1.82) is 0 Å². The Hall–Kier alpha value is -3.08. The van der Waals surface area contributed by atoms with Crippen molar-refractivity contribution in [3.63, 3.8) is 0 Å². The zero-order chi connectivity index (χ0) is 20.7. The summed E-state index contributed by atoms with van der Waals surface area (Å²) in [7, 11) is -2.47. The molecular formula is C29H28Si. The molecule has 30 heavy (non-hydrogen) atoms. The van der Waals surface area contributed by atoms with E-state index in [0.717, 1.165) is 5.57 Å². The van der Waals surface area contributed by atoms with Crippen molar-refractivity contribution in [2.45, 2.75) is 32.6 Å². The van der Waals surface area contributed by atoms with Crippen LogP contribution in [0.4, 0.5) is 0 Å². The fraction of sp³-hybridized carbons (Fsp3) is 0.172.